The van der Waals surface area contributed by atoms with Gasteiger partial charge in [0.2, 0.25) is 0 Å². The molecule has 1 fully saturated rings. The second-order valence-corrected chi connectivity index (χ2v) is 6.48. The monoisotopic (exact) mass is 348 g/mol. The SMILES string of the molecule is O=C(Nc1ccc(N2CCCCC2)cc1)c1nc(=O)[nH]c2ccccc12. The van der Waals surface area contributed by atoms with Crippen molar-refractivity contribution in [2.45, 2.75) is 19.3 Å². The average Bonchev–Trinajstić information content (AvgIpc) is 2.68. The minimum absolute atomic E-state index is 0.129. The molecule has 1 saturated heterocycles. The van der Waals surface area contributed by atoms with Crippen LogP contribution in [0.1, 0.15) is 29.8 Å². The summed E-state index contributed by atoms with van der Waals surface area (Å²) in [5.74, 6) is -0.391. The van der Waals surface area contributed by atoms with Gasteiger partial charge in [-0.25, -0.2) is 4.79 Å². The number of rotatable bonds is 3. The van der Waals surface area contributed by atoms with Crippen molar-refractivity contribution in [1.29, 1.82) is 0 Å². The largest absolute Gasteiger partial charge is 0.372 e. The smallest absolute Gasteiger partial charge is 0.346 e. The number of carbonyl (C=O) groups excluding carboxylic acids is 1. The van der Waals surface area contributed by atoms with Crippen LogP contribution >= 0.6 is 0 Å². The molecule has 1 amide bonds. The van der Waals surface area contributed by atoms with Crippen LogP contribution in [0.25, 0.3) is 10.9 Å². The van der Waals surface area contributed by atoms with Crippen molar-refractivity contribution in [3.8, 4) is 0 Å². The summed E-state index contributed by atoms with van der Waals surface area (Å²) >= 11 is 0. The third-order valence-electron chi connectivity index (χ3n) is 4.70. The molecule has 2 heterocycles. The van der Waals surface area contributed by atoms with Crippen molar-refractivity contribution < 1.29 is 4.79 Å². The Hall–Kier alpha value is -3.15. The molecule has 6 nitrogen and oxygen atoms in total. The van der Waals surface area contributed by atoms with E-state index in [1.807, 2.05) is 30.3 Å². The van der Waals surface area contributed by atoms with Crippen LogP contribution in [0.15, 0.2) is 53.3 Å². The highest BCUT2D eigenvalue weighted by atomic mass is 16.2. The van der Waals surface area contributed by atoms with Gasteiger partial charge < -0.3 is 15.2 Å². The van der Waals surface area contributed by atoms with Crippen molar-refractivity contribution in [2.24, 2.45) is 0 Å². The first-order chi connectivity index (χ1) is 12.7. The number of amides is 1. The molecule has 132 valence electrons. The lowest BCUT2D eigenvalue weighted by Gasteiger charge is -2.28. The maximum Gasteiger partial charge on any atom is 0.346 e. The van der Waals surface area contributed by atoms with Gasteiger partial charge in [-0.1, -0.05) is 18.2 Å². The van der Waals surface area contributed by atoms with E-state index in [1.165, 1.54) is 24.9 Å². The fourth-order valence-corrected chi connectivity index (χ4v) is 3.37. The number of benzene rings is 2. The highest BCUT2D eigenvalue weighted by Gasteiger charge is 2.14. The molecular weight excluding hydrogens is 328 g/mol. The Labute approximate surface area is 150 Å². The third kappa shape index (κ3) is 3.31. The van der Waals surface area contributed by atoms with Gasteiger partial charge in [-0.2, -0.15) is 4.98 Å². The predicted octanol–water partition coefficient (Wildman–Crippen LogP) is 3.17. The Morgan fingerprint density at radius 1 is 1.00 bits per heavy atom. The third-order valence-corrected chi connectivity index (χ3v) is 4.70. The van der Waals surface area contributed by atoms with E-state index >= 15 is 0 Å². The minimum Gasteiger partial charge on any atom is -0.372 e. The molecule has 1 aliphatic heterocycles. The van der Waals surface area contributed by atoms with Crippen LogP contribution in [0.5, 0.6) is 0 Å². The summed E-state index contributed by atoms with van der Waals surface area (Å²) in [6.07, 6.45) is 3.74. The standard InChI is InChI=1S/C20H20N4O2/c25-19(18-16-6-2-3-7-17(16)22-20(26)23-18)21-14-8-10-15(11-9-14)24-12-4-1-5-13-24/h2-3,6-11H,1,4-5,12-13H2,(H,21,25)(H,22,23,26). The van der Waals surface area contributed by atoms with Crippen LogP contribution in [0.4, 0.5) is 11.4 Å². The lowest BCUT2D eigenvalue weighted by atomic mass is 10.1. The summed E-state index contributed by atoms with van der Waals surface area (Å²) < 4.78 is 0. The van der Waals surface area contributed by atoms with E-state index in [0.717, 1.165) is 13.1 Å². The van der Waals surface area contributed by atoms with Crippen molar-refractivity contribution in [3.63, 3.8) is 0 Å². The van der Waals surface area contributed by atoms with Crippen molar-refractivity contribution >= 4 is 28.2 Å². The van der Waals surface area contributed by atoms with Gasteiger partial charge in [-0.15, -0.1) is 0 Å². The first kappa shape index (κ1) is 16.3. The number of hydrogen-bond donors (Lipinski definition) is 2. The van der Waals surface area contributed by atoms with E-state index < -0.39 is 11.6 Å². The van der Waals surface area contributed by atoms with Gasteiger partial charge >= 0.3 is 5.69 Å². The Morgan fingerprint density at radius 2 is 1.73 bits per heavy atom. The molecule has 1 aromatic heterocycles. The number of fused-ring (bicyclic) bond motifs is 1. The lowest BCUT2D eigenvalue weighted by Crippen LogP contribution is -2.29. The van der Waals surface area contributed by atoms with Crippen molar-refractivity contribution in [1.82, 2.24) is 9.97 Å². The maximum absolute atomic E-state index is 12.6. The molecule has 2 N–H and O–H groups in total. The molecule has 0 atom stereocenters. The van der Waals surface area contributed by atoms with Crippen LogP contribution in [-0.4, -0.2) is 29.0 Å². The molecule has 1 aliphatic rings. The normalized spacial score (nSPS) is 14.4. The van der Waals surface area contributed by atoms with E-state index in [-0.39, 0.29) is 5.69 Å². The minimum atomic E-state index is -0.533. The summed E-state index contributed by atoms with van der Waals surface area (Å²) in [6.45, 7) is 2.16. The van der Waals surface area contributed by atoms with Gasteiger partial charge in [0.25, 0.3) is 5.91 Å². The zero-order valence-electron chi connectivity index (χ0n) is 14.4. The molecule has 0 radical (unpaired) electrons. The number of nitrogens with zero attached hydrogens (tertiary/aromatic N) is 2. The second-order valence-electron chi connectivity index (χ2n) is 6.48. The molecule has 2 aromatic carbocycles. The number of aromatic nitrogens is 2. The van der Waals surface area contributed by atoms with Crippen LogP contribution in [-0.2, 0) is 0 Å². The number of anilines is 2. The van der Waals surface area contributed by atoms with Gasteiger partial charge in [0.1, 0.15) is 5.69 Å². The Bertz CT molecular complexity index is 989. The fraction of sp³-hybridized carbons (Fsp3) is 0.250. The highest BCUT2D eigenvalue weighted by molar-refractivity contribution is 6.10. The first-order valence-corrected chi connectivity index (χ1v) is 8.86. The molecule has 4 rings (SSSR count). The first-order valence-electron chi connectivity index (χ1n) is 8.86. The number of nitrogens with one attached hydrogen (secondary N) is 2. The quantitative estimate of drug-likeness (QED) is 0.762. The fourth-order valence-electron chi connectivity index (χ4n) is 3.37. The Morgan fingerprint density at radius 3 is 2.50 bits per heavy atom. The number of para-hydroxylation sites is 1. The molecule has 0 aliphatic carbocycles. The molecule has 6 heteroatoms. The summed E-state index contributed by atoms with van der Waals surface area (Å²) in [7, 11) is 0. The van der Waals surface area contributed by atoms with Crippen LogP contribution in [0.2, 0.25) is 0 Å². The Balaban J connectivity index is 1.56. The molecule has 3 aromatic rings. The molecule has 0 bridgehead atoms. The van der Waals surface area contributed by atoms with E-state index in [1.54, 1.807) is 18.2 Å². The van der Waals surface area contributed by atoms with Gasteiger partial charge in [-0.3, -0.25) is 4.79 Å². The number of piperidine rings is 1. The molecule has 26 heavy (non-hydrogen) atoms. The van der Waals surface area contributed by atoms with E-state index in [9.17, 15) is 9.59 Å². The summed E-state index contributed by atoms with van der Waals surface area (Å²) in [4.78, 5) is 33.2. The zero-order valence-corrected chi connectivity index (χ0v) is 14.4. The van der Waals surface area contributed by atoms with Gasteiger partial charge in [0.05, 0.1) is 5.52 Å². The van der Waals surface area contributed by atoms with Crippen LogP contribution < -0.4 is 15.9 Å². The number of aromatic amines is 1. The summed E-state index contributed by atoms with van der Waals surface area (Å²) in [5.41, 5.74) is 2.04. The number of hydrogen-bond acceptors (Lipinski definition) is 4. The maximum atomic E-state index is 12.6. The molecule has 0 unspecified atom stereocenters. The topological polar surface area (TPSA) is 78.1 Å². The average molecular weight is 348 g/mol. The highest BCUT2D eigenvalue weighted by Crippen LogP contribution is 2.22. The van der Waals surface area contributed by atoms with Gasteiger partial charge in [0, 0.05) is 29.9 Å². The molecule has 0 spiro atoms. The predicted molar refractivity (Wildman–Crippen MR) is 103 cm³/mol. The van der Waals surface area contributed by atoms with Crippen molar-refractivity contribution in [3.05, 3.63) is 64.7 Å². The van der Waals surface area contributed by atoms with E-state index in [2.05, 4.69) is 20.2 Å². The van der Waals surface area contributed by atoms with Gasteiger partial charge in [-0.05, 0) is 49.6 Å². The van der Waals surface area contributed by atoms with E-state index in [0.29, 0.717) is 16.6 Å². The van der Waals surface area contributed by atoms with E-state index in [4.69, 9.17) is 0 Å². The summed E-state index contributed by atoms with van der Waals surface area (Å²) in [5, 5.41) is 3.45. The lowest BCUT2D eigenvalue weighted by molar-refractivity contribution is 0.102. The number of H-pyrrole nitrogens is 1. The zero-order chi connectivity index (χ0) is 17.9. The Kier molecular flexibility index (Phi) is 4.39. The van der Waals surface area contributed by atoms with Crippen molar-refractivity contribution in [2.75, 3.05) is 23.3 Å². The molecule has 0 saturated carbocycles. The van der Waals surface area contributed by atoms with Crippen LogP contribution in [0, 0.1) is 0 Å². The number of carbonyl (C=O) groups is 1. The van der Waals surface area contributed by atoms with Gasteiger partial charge in [0.15, 0.2) is 0 Å². The molecular formula is C20H20N4O2. The second kappa shape index (κ2) is 7.00. The van der Waals surface area contributed by atoms with Crippen LogP contribution in [0.3, 0.4) is 0 Å². The summed E-state index contributed by atoms with van der Waals surface area (Å²) in [6, 6.07) is 14.9.